The van der Waals surface area contributed by atoms with Crippen LogP contribution in [-0.4, -0.2) is 4.98 Å². The molecule has 0 aliphatic carbocycles. The molecule has 102 valence electrons. The van der Waals surface area contributed by atoms with Gasteiger partial charge in [-0.1, -0.05) is 34.8 Å². The summed E-state index contributed by atoms with van der Waals surface area (Å²) in [6.07, 6.45) is 1.63. The molecule has 2 heterocycles. The van der Waals surface area contributed by atoms with E-state index in [2.05, 4.69) is 35.0 Å². The van der Waals surface area contributed by atoms with Crippen molar-refractivity contribution in [1.82, 2.24) is 4.98 Å². The summed E-state index contributed by atoms with van der Waals surface area (Å²) in [4.78, 5) is 4.20. The molecule has 1 aromatic carbocycles. The summed E-state index contributed by atoms with van der Waals surface area (Å²) in [5.41, 5.74) is 1.77. The van der Waals surface area contributed by atoms with Crippen molar-refractivity contribution in [3.8, 4) is 0 Å². The van der Waals surface area contributed by atoms with E-state index in [1.54, 1.807) is 18.3 Å². The second-order valence-corrected chi connectivity index (χ2v) is 6.45. The molecular formula is C11H4BrCl3N4S. The maximum atomic E-state index is 6.21. The first-order valence-corrected chi connectivity index (χ1v) is 7.90. The Morgan fingerprint density at radius 1 is 1.00 bits per heavy atom. The Morgan fingerprint density at radius 3 is 2.50 bits per heavy atom. The molecule has 1 aromatic heterocycles. The van der Waals surface area contributed by atoms with Crippen LogP contribution < -0.4 is 5.32 Å². The van der Waals surface area contributed by atoms with E-state index in [-0.39, 0.29) is 0 Å². The maximum absolute atomic E-state index is 6.21. The molecule has 1 N–H and O–H groups in total. The number of pyridine rings is 1. The summed E-state index contributed by atoms with van der Waals surface area (Å²) in [7, 11) is 0. The molecule has 2 aromatic rings. The van der Waals surface area contributed by atoms with E-state index < -0.39 is 0 Å². The highest BCUT2D eigenvalue weighted by Crippen LogP contribution is 2.48. The number of hydrogen-bond acceptors (Lipinski definition) is 4. The van der Waals surface area contributed by atoms with Crippen molar-refractivity contribution in [1.29, 1.82) is 0 Å². The van der Waals surface area contributed by atoms with Crippen LogP contribution in [0, 0.1) is 0 Å². The smallest absolute Gasteiger partial charge is 0.149 e. The number of fused-ring (bicyclic) bond motifs is 1. The molecule has 1 aliphatic rings. The van der Waals surface area contributed by atoms with Crippen LogP contribution in [0.3, 0.4) is 0 Å². The molecular weight excluding hydrogens is 406 g/mol. The number of anilines is 2. The van der Waals surface area contributed by atoms with Gasteiger partial charge in [-0.05, 0) is 28.1 Å². The third kappa shape index (κ3) is 2.58. The number of rotatable bonds is 2. The molecule has 0 bridgehead atoms. The van der Waals surface area contributed by atoms with Gasteiger partial charge in [0, 0.05) is 10.7 Å². The lowest BCUT2D eigenvalue weighted by Crippen LogP contribution is -1.96. The first kappa shape index (κ1) is 14.3. The number of nitrogens with one attached hydrogen (secondary N) is 1. The van der Waals surface area contributed by atoms with Crippen molar-refractivity contribution in [2.24, 2.45) is 8.73 Å². The number of halogens is 4. The predicted octanol–water partition coefficient (Wildman–Crippen LogP) is 6.27. The molecule has 0 atom stereocenters. The van der Waals surface area contributed by atoms with Gasteiger partial charge in [-0.2, -0.15) is 8.73 Å². The van der Waals surface area contributed by atoms with Gasteiger partial charge in [-0.15, -0.1) is 0 Å². The van der Waals surface area contributed by atoms with Crippen molar-refractivity contribution >= 4 is 85.0 Å². The van der Waals surface area contributed by atoms with Crippen molar-refractivity contribution in [3.05, 3.63) is 37.9 Å². The van der Waals surface area contributed by atoms with Crippen molar-refractivity contribution in [2.75, 3.05) is 5.32 Å². The number of benzene rings is 1. The molecule has 0 amide bonds. The highest BCUT2D eigenvalue weighted by atomic mass is 79.9. The second-order valence-electron chi connectivity index (χ2n) is 3.79. The summed E-state index contributed by atoms with van der Waals surface area (Å²) < 4.78 is 9.13. The quantitative estimate of drug-likeness (QED) is 0.541. The Bertz CT molecular complexity index is 790. The summed E-state index contributed by atoms with van der Waals surface area (Å²) in [5, 5.41) is 4.42. The molecule has 20 heavy (non-hydrogen) atoms. The van der Waals surface area contributed by atoms with E-state index >= 15 is 0 Å². The maximum Gasteiger partial charge on any atom is 0.149 e. The van der Waals surface area contributed by atoms with E-state index in [0.717, 1.165) is 15.8 Å². The summed E-state index contributed by atoms with van der Waals surface area (Å²) in [6.45, 7) is 0. The molecule has 9 heteroatoms. The zero-order valence-electron chi connectivity index (χ0n) is 9.49. The minimum Gasteiger partial charge on any atom is -0.336 e. The van der Waals surface area contributed by atoms with Crippen LogP contribution >= 0.6 is 50.7 Å². The van der Waals surface area contributed by atoms with Crippen LogP contribution in [0.4, 0.5) is 22.9 Å². The fourth-order valence-corrected chi connectivity index (χ4v) is 3.45. The van der Waals surface area contributed by atoms with Gasteiger partial charge in [-0.25, -0.2) is 4.98 Å². The first-order valence-electron chi connectivity index (χ1n) is 5.24. The standard InChI is InChI=1S/C11H4BrCl3N4S/c12-4-1-7(15)11(16-3-4)17-8-5(13)2-6(14)9-10(8)19-20-18-9/h1-3H,(H,16,17). The van der Waals surface area contributed by atoms with E-state index in [0.29, 0.717) is 37.9 Å². The number of nitrogens with zero attached hydrogens (tertiary/aromatic N) is 3. The topological polar surface area (TPSA) is 49.6 Å². The van der Waals surface area contributed by atoms with Crippen molar-refractivity contribution < 1.29 is 0 Å². The third-order valence-electron chi connectivity index (χ3n) is 2.50. The Balaban J connectivity index is 2.08. The van der Waals surface area contributed by atoms with Gasteiger partial charge < -0.3 is 5.32 Å². The molecule has 0 spiro atoms. The van der Waals surface area contributed by atoms with Crippen LogP contribution in [0.5, 0.6) is 0 Å². The van der Waals surface area contributed by atoms with Crippen molar-refractivity contribution in [3.63, 3.8) is 0 Å². The molecule has 1 aliphatic heterocycles. The van der Waals surface area contributed by atoms with Crippen LogP contribution in [0.25, 0.3) is 0 Å². The number of aromatic nitrogens is 1. The van der Waals surface area contributed by atoms with E-state index in [4.69, 9.17) is 34.8 Å². The zero-order valence-corrected chi connectivity index (χ0v) is 14.2. The van der Waals surface area contributed by atoms with Crippen molar-refractivity contribution in [2.45, 2.75) is 0 Å². The molecule has 0 unspecified atom stereocenters. The van der Waals surface area contributed by atoms with Gasteiger partial charge in [0.25, 0.3) is 0 Å². The van der Waals surface area contributed by atoms with Crippen LogP contribution in [0.2, 0.25) is 15.1 Å². The lowest BCUT2D eigenvalue weighted by atomic mass is 10.2. The average molecular weight is 411 g/mol. The van der Waals surface area contributed by atoms with Gasteiger partial charge in [-0.3, -0.25) is 0 Å². The lowest BCUT2D eigenvalue weighted by Gasteiger charge is -2.12. The Kier molecular flexibility index (Phi) is 4.01. The molecule has 0 radical (unpaired) electrons. The Labute approximate surface area is 141 Å². The highest BCUT2D eigenvalue weighted by molar-refractivity contribution is 9.10. The van der Waals surface area contributed by atoms with Gasteiger partial charge in [0.2, 0.25) is 0 Å². The molecule has 0 saturated carbocycles. The summed E-state index contributed by atoms with van der Waals surface area (Å²) in [6, 6.07) is 3.35. The Hall–Kier alpha value is -0.660. The minimum atomic E-state index is 0.427. The lowest BCUT2D eigenvalue weighted by molar-refractivity contribution is 1.29. The van der Waals surface area contributed by atoms with Crippen LogP contribution in [0.15, 0.2) is 31.5 Å². The van der Waals surface area contributed by atoms with E-state index in [9.17, 15) is 0 Å². The van der Waals surface area contributed by atoms with E-state index in [1.807, 2.05) is 0 Å². The van der Waals surface area contributed by atoms with Crippen LogP contribution in [-0.2, 0) is 11.4 Å². The molecule has 4 nitrogen and oxygen atoms in total. The normalized spacial score (nSPS) is 12.2. The first-order chi connectivity index (χ1) is 9.56. The van der Waals surface area contributed by atoms with Gasteiger partial charge in [0.05, 0.1) is 32.1 Å². The summed E-state index contributed by atoms with van der Waals surface area (Å²) >= 11 is 22.8. The monoisotopic (exact) mass is 408 g/mol. The fraction of sp³-hybridized carbons (Fsp3) is 0. The number of hydrogen-bond donors (Lipinski definition) is 1. The average Bonchev–Trinajstić information content (AvgIpc) is 2.86. The summed E-state index contributed by atoms with van der Waals surface area (Å²) in [5.74, 6) is 0.480. The second kappa shape index (κ2) is 5.61. The van der Waals surface area contributed by atoms with Gasteiger partial charge in [0.1, 0.15) is 17.2 Å². The predicted molar refractivity (Wildman–Crippen MR) is 88.2 cm³/mol. The van der Waals surface area contributed by atoms with E-state index in [1.165, 1.54) is 0 Å². The molecule has 0 saturated heterocycles. The highest BCUT2D eigenvalue weighted by Gasteiger charge is 2.19. The minimum absolute atomic E-state index is 0.427. The molecule has 0 fully saturated rings. The van der Waals surface area contributed by atoms with Gasteiger partial charge >= 0.3 is 0 Å². The third-order valence-corrected chi connectivity index (χ3v) is 4.33. The zero-order chi connectivity index (χ0) is 14.3. The SMILES string of the molecule is Clc1cc(Br)cnc1Nc1c(Cl)cc(Cl)c2c1N=S=N2. The molecule has 3 rings (SSSR count). The Morgan fingerprint density at radius 2 is 1.75 bits per heavy atom. The largest absolute Gasteiger partial charge is 0.336 e. The fourth-order valence-electron chi connectivity index (χ4n) is 1.62. The van der Waals surface area contributed by atoms with Gasteiger partial charge in [0.15, 0.2) is 0 Å². The van der Waals surface area contributed by atoms with Crippen LogP contribution in [0.1, 0.15) is 0 Å².